The number of nitrogens with one attached hydrogen (secondary N) is 1. The zero-order valence-corrected chi connectivity index (χ0v) is 11.5. The Hall–Kier alpha value is -2.00. The van der Waals surface area contributed by atoms with Crippen molar-refractivity contribution in [3.8, 4) is 6.07 Å². The molecule has 0 radical (unpaired) electrons. The lowest BCUT2D eigenvalue weighted by molar-refractivity contribution is 0.609. The number of nitriles is 1. The van der Waals surface area contributed by atoms with Crippen molar-refractivity contribution in [1.29, 1.82) is 5.26 Å². The van der Waals surface area contributed by atoms with E-state index in [2.05, 4.69) is 28.6 Å². The van der Waals surface area contributed by atoms with Crippen molar-refractivity contribution in [3.05, 3.63) is 36.2 Å². The summed E-state index contributed by atoms with van der Waals surface area (Å²) < 4.78 is 1.75. The largest absolute Gasteiger partial charge is 0.382 e. The van der Waals surface area contributed by atoms with E-state index in [9.17, 15) is 5.26 Å². The molecule has 0 bridgehead atoms. The Morgan fingerprint density at radius 3 is 3.05 bits per heavy atom. The lowest BCUT2D eigenvalue weighted by atomic mass is 10.2. The molecular formula is C13H15N5S. The molecule has 2 rings (SSSR count). The fourth-order valence-corrected chi connectivity index (χ4v) is 2.51. The van der Waals surface area contributed by atoms with Crippen LogP contribution in [-0.4, -0.2) is 27.3 Å². The molecule has 19 heavy (non-hydrogen) atoms. The molecule has 98 valence electrons. The number of aromatic nitrogens is 3. The highest BCUT2D eigenvalue weighted by molar-refractivity contribution is 7.99. The predicted molar refractivity (Wildman–Crippen MR) is 76.1 cm³/mol. The number of hydrogen-bond acceptors (Lipinski definition) is 5. The summed E-state index contributed by atoms with van der Waals surface area (Å²) >= 11 is 1.68. The van der Waals surface area contributed by atoms with Crippen LogP contribution >= 0.6 is 11.8 Å². The Morgan fingerprint density at radius 1 is 1.47 bits per heavy atom. The van der Waals surface area contributed by atoms with Gasteiger partial charge in [0.15, 0.2) is 0 Å². The van der Waals surface area contributed by atoms with Crippen molar-refractivity contribution in [1.82, 2.24) is 15.0 Å². The predicted octanol–water partition coefficient (Wildman–Crippen LogP) is 2.37. The molecule has 0 aliphatic carbocycles. The van der Waals surface area contributed by atoms with Gasteiger partial charge in [-0.2, -0.15) is 5.26 Å². The van der Waals surface area contributed by atoms with Crippen molar-refractivity contribution in [2.24, 2.45) is 0 Å². The summed E-state index contributed by atoms with van der Waals surface area (Å²) in [5.74, 6) is 0.955. The SMILES string of the molecule is CCSc1cccc(NCCn2ccnn2)c1C#N. The Morgan fingerprint density at radius 2 is 2.37 bits per heavy atom. The van der Waals surface area contributed by atoms with Gasteiger partial charge >= 0.3 is 0 Å². The van der Waals surface area contributed by atoms with Gasteiger partial charge in [0.1, 0.15) is 6.07 Å². The standard InChI is InChI=1S/C13H15N5S/c1-2-19-13-5-3-4-12(11(13)10-14)15-6-8-18-9-7-16-17-18/h3-5,7,9,15H,2,6,8H2,1H3. The molecule has 0 atom stereocenters. The molecule has 1 heterocycles. The summed E-state index contributed by atoms with van der Waals surface area (Å²) in [6.45, 7) is 3.50. The van der Waals surface area contributed by atoms with Crippen LogP contribution in [0.4, 0.5) is 5.69 Å². The Kier molecular flexibility index (Phi) is 4.81. The molecule has 0 aliphatic rings. The normalized spacial score (nSPS) is 10.1. The average Bonchev–Trinajstić information content (AvgIpc) is 2.93. The van der Waals surface area contributed by atoms with E-state index >= 15 is 0 Å². The number of rotatable bonds is 6. The van der Waals surface area contributed by atoms with Gasteiger partial charge in [-0.25, -0.2) is 0 Å². The highest BCUT2D eigenvalue weighted by atomic mass is 32.2. The second-order valence-electron chi connectivity index (χ2n) is 3.82. The van der Waals surface area contributed by atoms with Crippen molar-refractivity contribution < 1.29 is 0 Å². The minimum atomic E-state index is 0.707. The van der Waals surface area contributed by atoms with E-state index < -0.39 is 0 Å². The summed E-state index contributed by atoms with van der Waals surface area (Å²) in [4.78, 5) is 1.02. The monoisotopic (exact) mass is 273 g/mol. The van der Waals surface area contributed by atoms with Gasteiger partial charge in [-0.3, -0.25) is 4.68 Å². The van der Waals surface area contributed by atoms with Crippen LogP contribution in [-0.2, 0) is 6.54 Å². The van der Waals surface area contributed by atoms with E-state index in [1.807, 2.05) is 24.4 Å². The Balaban J connectivity index is 2.03. The minimum Gasteiger partial charge on any atom is -0.382 e. The van der Waals surface area contributed by atoms with Crippen LogP contribution in [0.3, 0.4) is 0 Å². The lowest BCUT2D eigenvalue weighted by Crippen LogP contribution is -2.12. The first-order valence-electron chi connectivity index (χ1n) is 6.09. The first kappa shape index (κ1) is 13.4. The molecule has 1 aromatic carbocycles. The van der Waals surface area contributed by atoms with Gasteiger partial charge in [0, 0.05) is 17.6 Å². The van der Waals surface area contributed by atoms with Gasteiger partial charge in [-0.05, 0) is 17.9 Å². The van der Waals surface area contributed by atoms with E-state index in [0.29, 0.717) is 12.1 Å². The first-order chi connectivity index (χ1) is 9.35. The van der Waals surface area contributed by atoms with Crippen LogP contribution in [0.5, 0.6) is 0 Å². The molecule has 2 aromatic rings. The number of thioether (sulfide) groups is 1. The second-order valence-corrected chi connectivity index (χ2v) is 5.12. The molecule has 0 fully saturated rings. The van der Waals surface area contributed by atoms with Crippen LogP contribution in [0.15, 0.2) is 35.5 Å². The van der Waals surface area contributed by atoms with Gasteiger partial charge in [-0.1, -0.05) is 18.2 Å². The van der Waals surface area contributed by atoms with E-state index in [0.717, 1.165) is 22.9 Å². The zero-order chi connectivity index (χ0) is 13.5. The lowest BCUT2D eigenvalue weighted by Gasteiger charge is -2.10. The quantitative estimate of drug-likeness (QED) is 0.818. The molecule has 0 saturated carbocycles. The molecule has 5 nitrogen and oxygen atoms in total. The van der Waals surface area contributed by atoms with Crippen molar-refractivity contribution in [2.75, 3.05) is 17.6 Å². The maximum atomic E-state index is 9.28. The third kappa shape index (κ3) is 3.48. The third-order valence-corrected chi connectivity index (χ3v) is 3.51. The van der Waals surface area contributed by atoms with Gasteiger partial charge in [0.05, 0.1) is 24.0 Å². The Bertz CT molecular complexity index is 559. The van der Waals surface area contributed by atoms with Crippen molar-refractivity contribution in [3.63, 3.8) is 0 Å². The molecule has 1 N–H and O–H groups in total. The average molecular weight is 273 g/mol. The highest BCUT2D eigenvalue weighted by Crippen LogP contribution is 2.27. The van der Waals surface area contributed by atoms with Crippen LogP contribution in [0.2, 0.25) is 0 Å². The van der Waals surface area contributed by atoms with Crippen LogP contribution in [0.1, 0.15) is 12.5 Å². The molecular weight excluding hydrogens is 258 g/mol. The summed E-state index contributed by atoms with van der Waals surface area (Å²) in [5.41, 5.74) is 1.59. The molecule has 0 spiro atoms. The third-order valence-electron chi connectivity index (χ3n) is 2.57. The molecule has 1 aromatic heterocycles. The second kappa shape index (κ2) is 6.81. The highest BCUT2D eigenvalue weighted by Gasteiger charge is 2.07. The van der Waals surface area contributed by atoms with Crippen molar-refractivity contribution >= 4 is 17.4 Å². The molecule has 0 aliphatic heterocycles. The van der Waals surface area contributed by atoms with Crippen LogP contribution in [0.25, 0.3) is 0 Å². The smallest absolute Gasteiger partial charge is 0.102 e. The summed E-state index contributed by atoms with van der Waals surface area (Å²) in [6, 6.07) is 8.16. The minimum absolute atomic E-state index is 0.707. The topological polar surface area (TPSA) is 66.5 Å². The van der Waals surface area contributed by atoms with Gasteiger partial charge in [0.25, 0.3) is 0 Å². The zero-order valence-electron chi connectivity index (χ0n) is 10.7. The first-order valence-corrected chi connectivity index (χ1v) is 7.07. The van der Waals surface area contributed by atoms with Crippen LogP contribution < -0.4 is 5.32 Å². The van der Waals surface area contributed by atoms with Gasteiger partial charge in [0.2, 0.25) is 0 Å². The Labute approximate surface area is 116 Å². The van der Waals surface area contributed by atoms with E-state index in [1.165, 1.54) is 0 Å². The van der Waals surface area contributed by atoms with Crippen LogP contribution in [0, 0.1) is 11.3 Å². The maximum Gasteiger partial charge on any atom is 0.102 e. The van der Waals surface area contributed by atoms with E-state index in [1.54, 1.807) is 22.6 Å². The summed E-state index contributed by atoms with van der Waals surface area (Å²) in [7, 11) is 0. The number of nitrogens with zero attached hydrogens (tertiary/aromatic N) is 4. The van der Waals surface area contributed by atoms with Crippen molar-refractivity contribution in [2.45, 2.75) is 18.4 Å². The number of anilines is 1. The maximum absolute atomic E-state index is 9.28. The van der Waals surface area contributed by atoms with E-state index in [-0.39, 0.29) is 0 Å². The van der Waals surface area contributed by atoms with Gasteiger partial charge < -0.3 is 5.32 Å². The number of benzene rings is 1. The number of hydrogen-bond donors (Lipinski definition) is 1. The molecule has 0 amide bonds. The molecule has 6 heteroatoms. The fraction of sp³-hybridized carbons (Fsp3) is 0.308. The summed E-state index contributed by atoms with van der Waals surface area (Å²) in [6.07, 6.45) is 3.47. The fourth-order valence-electron chi connectivity index (χ4n) is 1.73. The molecule has 0 unspecified atom stereocenters. The molecule has 0 saturated heterocycles. The van der Waals surface area contributed by atoms with E-state index in [4.69, 9.17) is 0 Å². The summed E-state index contributed by atoms with van der Waals surface area (Å²) in [5, 5.41) is 20.2. The van der Waals surface area contributed by atoms with Gasteiger partial charge in [-0.15, -0.1) is 16.9 Å².